The minimum Gasteiger partial charge on any atom is -0.356 e. The van der Waals surface area contributed by atoms with Crippen LogP contribution >= 0.6 is 12.2 Å². The highest BCUT2D eigenvalue weighted by Gasteiger charge is 2.11. The lowest BCUT2D eigenvalue weighted by Gasteiger charge is -2.10. The lowest BCUT2D eigenvalue weighted by Crippen LogP contribution is -2.15. The van der Waals surface area contributed by atoms with E-state index in [9.17, 15) is 4.79 Å². The normalized spacial score (nSPS) is 10.6. The van der Waals surface area contributed by atoms with Crippen molar-refractivity contribution < 1.29 is 4.79 Å². The van der Waals surface area contributed by atoms with E-state index < -0.39 is 0 Å². The van der Waals surface area contributed by atoms with E-state index in [1.165, 1.54) is 0 Å². The van der Waals surface area contributed by atoms with E-state index in [4.69, 9.17) is 12.2 Å². The molecule has 1 amide bonds. The molecule has 0 bridgehead atoms. The molecule has 0 spiro atoms. The van der Waals surface area contributed by atoms with E-state index in [0.717, 1.165) is 34.0 Å². The second kappa shape index (κ2) is 9.40. The molecule has 0 atom stereocenters. The molecule has 1 heterocycles. The van der Waals surface area contributed by atoms with E-state index in [0.29, 0.717) is 11.3 Å². The maximum Gasteiger partial charge on any atom is 0.226 e. The Hall–Kier alpha value is -3.71. The summed E-state index contributed by atoms with van der Waals surface area (Å²) in [6.45, 7) is 2.47. The van der Waals surface area contributed by atoms with Gasteiger partial charge in [0.15, 0.2) is 10.6 Å². The van der Waals surface area contributed by atoms with Gasteiger partial charge in [0, 0.05) is 35.6 Å². The third-order valence-corrected chi connectivity index (χ3v) is 5.14. The molecule has 0 aliphatic heterocycles. The van der Waals surface area contributed by atoms with Gasteiger partial charge in [0.25, 0.3) is 0 Å². The van der Waals surface area contributed by atoms with Crippen molar-refractivity contribution >= 4 is 35.2 Å². The molecule has 3 N–H and O–H groups in total. The zero-order chi connectivity index (χ0) is 21.6. The first-order valence-electron chi connectivity index (χ1n) is 10.0. The van der Waals surface area contributed by atoms with Crippen molar-refractivity contribution in [1.29, 1.82) is 0 Å². The molecule has 4 aromatic rings. The summed E-state index contributed by atoms with van der Waals surface area (Å²) < 4.78 is 2.36. The van der Waals surface area contributed by atoms with Crippen LogP contribution in [0.5, 0.6) is 0 Å². The maximum atomic E-state index is 12.5. The van der Waals surface area contributed by atoms with E-state index in [1.54, 1.807) is 0 Å². The van der Waals surface area contributed by atoms with Gasteiger partial charge in [-0.15, -0.1) is 0 Å². The van der Waals surface area contributed by atoms with Crippen LogP contribution in [0.25, 0.3) is 11.4 Å². The SMILES string of the molecule is Cc1cccc(-c2n[nH]c(=S)n2CCC(=O)Nc2ccc(Nc3ccccc3)cc2)c1. The number of rotatable bonds is 7. The Morgan fingerprint density at radius 2 is 1.68 bits per heavy atom. The fourth-order valence-corrected chi connectivity index (χ4v) is 3.51. The Balaban J connectivity index is 1.37. The molecule has 3 aromatic carbocycles. The first-order chi connectivity index (χ1) is 15.1. The van der Waals surface area contributed by atoms with Crippen molar-refractivity contribution in [3.05, 3.63) is 89.2 Å². The van der Waals surface area contributed by atoms with Gasteiger partial charge in [-0.3, -0.25) is 14.5 Å². The van der Waals surface area contributed by atoms with E-state index >= 15 is 0 Å². The minimum atomic E-state index is -0.0814. The number of amides is 1. The second-order valence-corrected chi connectivity index (χ2v) is 7.63. The van der Waals surface area contributed by atoms with Crippen LogP contribution in [0.15, 0.2) is 78.9 Å². The highest BCUT2D eigenvalue weighted by Crippen LogP contribution is 2.20. The van der Waals surface area contributed by atoms with Crippen molar-refractivity contribution in [3.63, 3.8) is 0 Å². The Labute approximate surface area is 186 Å². The molecular weight excluding hydrogens is 406 g/mol. The summed E-state index contributed by atoms with van der Waals surface area (Å²) in [4.78, 5) is 12.5. The first kappa shape index (κ1) is 20.6. The van der Waals surface area contributed by atoms with E-state index in [-0.39, 0.29) is 12.3 Å². The number of anilines is 3. The summed E-state index contributed by atoms with van der Waals surface area (Å²) >= 11 is 5.36. The summed E-state index contributed by atoms with van der Waals surface area (Å²) in [6, 6.07) is 25.6. The molecule has 156 valence electrons. The summed E-state index contributed by atoms with van der Waals surface area (Å²) in [5.74, 6) is 0.653. The van der Waals surface area contributed by atoms with Gasteiger partial charge in [-0.25, -0.2) is 0 Å². The average Bonchev–Trinajstić information content (AvgIpc) is 3.15. The minimum absolute atomic E-state index is 0.0814. The van der Waals surface area contributed by atoms with Crippen molar-refractivity contribution in [2.24, 2.45) is 0 Å². The fourth-order valence-electron chi connectivity index (χ4n) is 3.29. The number of hydrogen-bond acceptors (Lipinski definition) is 4. The number of nitrogens with one attached hydrogen (secondary N) is 3. The molecule has 0 saturated heterocycles. The van der Waals surface area contributed by atoms with Crippen LogP contribution in [-0.2, 0) is 11.3 Å². The van der Waals surface area contributed by atoms with Gasteiger partial charge in [-0.1, -0.05) is 42.0 Å². The number of para-hydroxylation sites is 1. The summed E-state index contributed by atoms with van der Waals surface area (Å²) in [5, 5.41) is 13.4. The van der Waals surface area contributed by atoms with Gasteiger partial charge in [0.05, 0.1) is 0 Å². The number of aromatic nitrogens is 3. The number of aryl methyl sites for hydroxylation is 1. The molecule has 31 heavy (non-hydrogen) atoms. The van der Waals surface area contributed by atoms with Crippen molar-refractivity contribution in [2.75, 3.05) is 10.6 Å². The maximum absolute atomic E-state index is 12.5. The molecule has 7 heteroatoms. The van der Waals surface area contributed by atoms with Crippen LogP contribution in [0.4, 0.5) is 17.1 Å². The fraction of sp³-hybridized carbons (Fsp3) is 0.125. The number of hydrogen-bond donors (Lipinski definition) is 3. The predicted octanol–water partition coefficient (Wildman–Crippen LogP) is 5.69. The monoisotopic (exact) mass is 429 g/mol. The van der Waals surface area contributed by atoms with E-state index in [2.05, 4.69) is 20.8 Å². The summed E-state index contributed by atoms with van der Waals surface area (Å²) in [5.41, 5.74) is 4.82. The van der Waals surface area contributed by atoms with Gasteiger partial charge in [0.1, 0.15) is 0 Å². The molecule has 1 aromatic heterocycles. The summed E-state index contributed by atoms with van der Waals surface area (Å²) in [6.07, 6.45) is 0.288. The molecule has 0 aliphatic carbocycles. The first-order valence-corrected chi connectivity index (χ1v) is 10.4. The number of aromatic amines is 1. The van der Waals surface area contributed by atoms with Gasteiger partial charge in [0.2, 0.25) is 5.91 Å². The highest BCUT2D eigenvalue weighted by molar-refractivity contribution is 7.71. The Kier molecular flexibility index (Phi) is 6.24. The van der Waals surface area contributed by atoms with Crippen LogP contribution in [0.1, 0.15) is 12.0 Å². The van der Waals surface area contributed by atoms with Crippen LogP contribution < -0.4 is 10.6 Å². The van der Waals surface area contributed by atoms with Gasteiger partial charge >= 0.3 is 0 Å². The third-order valence-electron chi connectivity index (χ3n) is 4.83. The number of benzene rings is 3. The van der Waals surface area contributed by atoms with Gasteiger partial charge in [-0.05, 0) is 61.6 Å². The molecule has 0 unspecified atom stereocenters. The third kappa shape index (κ3) is 5.26. The zero-order valence-electron chi connectivity index (χ0n) is 17.1. The Bertz CT molecular complexity index is 1230. The second-order valence-electron chi connectivity index (χ2n) is 7.24. The van der Waals surface area contributed by atoms with Crippen molar-refractivity contribution in [2.45, 2.75) is 19.9 Å². The van der Waals surface area contributed by atoms with Crippen molar-refractivity contribution in [1.82, 2.24) is 14.8 Å². The lowest BCUT2D eigenvalue weighted by molar-refractivity contribution is -0.116. The van der Waals surface area contributed by atoms with Crippen LogP contribution in [-0.4, -0.2) is 20.7 Å². The lowest BCUT2D eigenvalue weighted by atomic mass is 10.1. The topological polar surface area (TPSA) is 74.7 Å². The van der Waals surface area contributed by atoms with Crippen LogP contribution in [0.2, 0.25) is 0 Å². The van der Waals surface area contributed by atoms with Gasteiger partial charge in [-0.2, -0.15) is 5.10 Å². The predicted molar refractivity (Wildman–Crippen MR) is 127 cm³/mol. The van der Waals surface area contributed by atoms with Crippen molar-refractivity contribution in [3.8, 4) is 11.4 Å². The molecule has 0 aliphatic rings. The number of nitrogens with zero attached hydrogens (tertiary/aromatic N) is 2. The van der Waals surface area contributed by atoms with Crippen LogP contribution in [0, 0.1) is 11.7 Å². The molecule has 0 fully saturated rings. The number of carbonyl (C=O) groups is 1. The summed E-state index contributed by atoms with van der Waals surface area (Å²) in [7, 11) is 0. The van der Waals surface area contributed by atoms with E-state index in [1.807, 2.05) is 90.4 Å². The number of H-pyrrole nitrogens is 1. The molecule has 4 rings (SSSR count). The quantitative estimate of drug-likeness (QED) is 0.330. The molecule has 6 nitrogen and oxygen atoms in total. The molecule has 0 saturated carbocycles. The smallest absolute Gasteiger partial charge is 0.226 e. The average molecular weight is 430 g/mol. The molecular formula is C24H23N5OS. The number of carbonyl (C=O) groups excluding carboxylic acids is 1. The standard InChI is InChI=1S/C24H23N5OS/c1-17-6-5-7-18(16-17)23-27-28-24(31)29(23)15-14-22(30)26-21-12-10-20(11-13-21)25-19-8-3-2-4-9-19/h2-13,16,25H,14-15H2,1H3,(H,26,30)(H,28,31). The Morgan fingerprint density at radius 3 is 2.42 bits per heavy atom. The van der Waals surface area contributed by atoms with Gasteiger partial charge < -0.3 is 10.6 Å². The zero-order valence-corrected chi connectivity index (χ0v) is 17.9. The highest BCUT2D eigenvalue weighted by atomic mass is 32.1. The Morgan fingerprint density at radius 1 is 0.968 bits per heavy atom. The molecule has 0 radical (unpaired) electrons. The largest absolute Gasteiger partial charge is 0.356 e. The van der Waals surface area contributed by atoms with Crippen LogP contribution in [0.3, 0.4) is 0 Å².